The number of ether oxygens (including phenoxy) is 1. The molecular weight excluding hydrogens is 298 g/mol. The van der Waals surface area contributed by atoms with E-state index in [1.807, 2.05) is 5.73 Å². The Balaban J connectivity index is 2.48. The van der Waals surface area contributed by atoms with Crippen molar-refractivity contribution in [2.75, 3.05) is 13.2 Å². The van der Waals surface area contributed by atoms with Crippen LogP contribution in [-0.4, -0.2) is 79.7 Å². The lowest BCUT2D eigenvalue weighted by Crippen LogP contribution is -2.46. The molecule has 1 heterocycles. The number of aromatic amines is 1. The van der Waals surface area contributed by atoms with Gasteiger partial charge >= 0.3 is 5.97 Å². The Morgan fingerprint density at radius 3 is 2.73 bits per heavy atom. The van der Waals surface area contributed by atoms with Crippen molar-refractivity contribution in [1.82, 2.24) is 9.97 Å². The average molecular weight is 318 g/mol. The molecule has 1 aromatic heterocycles. The van der Waals surface area contributed by atoms with E-state index >= 15 is 0 Å². The van der Waals surface area contributed by atoms with Gasteiger partial charge in [-0.05, 0) is 0 Å². The molecular formula is C12H19N3O7. The lowest BCUT2D eigenvalue weighted by Gasteiger charge is -2.21. The number of rotatable bonds is 10. The van der Waals surface area contributed by atoms with E-state index in [1.165, 1.54) is 12.5 Å². The van der Waals surface area contributed by atoms with Crippen molar-refractivity contribution in [2.24, 2.45) is 5.73 Å². The highest BCUT2D eigenvalue weighted by Gasteiger charge is 2.31. The maximum atomic E-state index is 11.8. The third kappa shape index (κ3) is 5.16. The predicted octanol–water partition coefficient (Wildman–Crippen LogP) is -3.53. The fourth-order valence-corrected chi connectivity index (χ4v) is 1.56. The molecule has 0 bridgehead atoms. The second kappa shape index (κ2) is 8.56. The highest BCUT2D eigenvalue weighted by atomic mass is 16.5. The summed E-state index contributed by atoms with van der Waals surface area (Å²) in [7, 11) is 0. The van der Waals surface area contributed by atoms with Crippen molar-refractivity contribution in [3.63, 3.8) is 0 Å². The molecule has 0 aliphatic carbocycles. The summed E-state index contributed by atoms with van der Waals surface area (Å²) in [5.74, 6) is -1.95. The topological polar surface area (TPSA) is 179 Å². The molecule has 0 unspecified atom stereocenters. The van der Waals surface area contributed by atoms with Gasteiger partial charge in [0.25, 0.3) is 0 Å². The van der Waals surface area contributed by atoms with E-state index in [4.69, 9.17) is 11.3 Å². The van der Waals surface area contributed by atoms with Crippen molar-refractivity contribution in [2.45, 2.75) is 30.8 Å². The Hall–Kier alpha value is -1.85. The summed E-state index contributed by atoms with van der Waals surface area (Å²) in [4.78, 5) is 29.3. The zero-order chi connectivity index (χ0) is 17.4. The van der Waals surface area contributed by atoms with Crippen LogP contribution in [0.5, 0.6) is 0 Å². The molecule has 0 amide bonds. The van der Waals surface area contributed by atoms with Crippen molar-refractivity contribution in [3.8, 4) is 0 Å². The number of carbonyl (C=O) groups is 2. The number of carbonyl (C=O) groups excluding carboxylic acids is 2. The third-order valence-corrected chi connectivity index (χ3v) is 2.86. The average Bonchev–Trinajstić information content (AvgIpc) is 3.07. The molecule has 22 heavy (non-hydrogen) atoms. The summed E-state index contributed by atoms with van der Waals surface area (Å²) in [5, 5.41) is 37.0. The summed E-state index contributed by atoms with van der Waals surface area (Å²) in [6, 6.07) is -1.04. The van der Waals surface area contributed by atoms with E-state index in [2.05, 4.69) is 9.97 Å². The van der Waals surface area contributed by atoms with Crippen LogP contribution in [0.25, 0.3) is 0 Å². The van der Waals surface area contributed by atoms with E-state index in [9.17, 15) is 24.9 Å². The lowest BCUT2D eigenvalue weighted by molar-refractivity contribution is -0.155. The quantitative estimate of drug-likeness (QED) is 0.238. The molecule has 10 nitrogen and oxygen atoms in total. The van der Waals surface area contributed by atoms with Gasteiger partial charge < -0.3 is 35.9 Å². The van der Waals surface area contributed by atoms with Crippen LogP contribution in [0, 0.1) is 0 Å². The minimum absolute atomic E-state index is 0.0899. The number of hydrogen-bond donors (Lipinski definition) is 6. The van der Waals surface area contributed by atoms with Crippen LogP contribution in [0.2, 0.25) is 1.41 Å². The summed E-state index contributed by atoms with van der Waals surface area (Å²) >= 11 is 0. The van der Waals surface area contributed by atoms with Crippen LogP contribution in [0.1, 0.15) is 5.69 Å². The summed E-state index contributed by atoms with van der Waals surface area (Å²) in [5.41, 5.74) is 2.57. The minimum Gasteiger partial charge on any atom is -0.462 e. The number of aliphatic hydroxyl groups is 4. The number of ketones is 1. The molecule has 0 spiro atoms. The van der Waals surface area contributed by atoms with E-state index in [-0.39, 0.29) is 6.42 Å². The zero-order valence-electron chi connectivity index (χ0n) is 12.5. The highest BCUT2D eigenvalue weighted by Crippen LogP contribution is 2.04. The SMILES string of the molecule is [2H]N[C@@H](Cc1cnc[nH]1)C(=O)OC[C@@H](O)[C@@H](O)[C@H](O)C(=O)CO. The smallest absolute Gasteiger partial charge is 0.323 e. The maximum absolute atomic E-state index is 11.8. The molecule has 7 N–H and O–H groups in total. The van der Waals surface area contributed by atoms with Gasteiger partial charge in [0.2, 0.25) is 0 Å². The van der Waals surface area contributed by atoms with Gasteiger partial charge in [-0.1, -0.05) is 0 Å². The maximum Gasteiger partial charge on any atom is 0.323 e. The van der Waals surface area contributed by atoms with Gasteiger partial charge in [0.1, 0.15) is 39.0 Å². The standard InChI is InChI=1S/C12H19N3O7/c13-7(1-6-2-14-5-15-6)12(21)22-4-9(18)11(20)10(19)8(17)3-16/h2,5,7,9-11,16,18-20H,1,3-4,13H2,(H,14,15)/t7-,9+,10+,11+/m0/s1/i/hD. The van der Waals surface area contributed by atoms with Crippen molar-refractivity contribution >= 4 is 11.8 Å². The molecule has 0 fully saturated rings. The van der Waals surface area contributed by atoms with Crippen LogP contribution in [-0.2, 0) is 20.7 Å². The molecule has 10 heteroatoms. The Morgan fingerprint density at radius 2 is 2.18 bits per heavy atom. The largest absolute Gasteiger partial charge is 0.462 e. The number of H-pyrrole nitrogens is 1. The van der Waals surface area contributed by atoms with E-state index in [0.717, 1.165) is 0 Å². The van der Waals surface area contributed by atoms with Gasteiger partial charge in [0.05, 0.1) is 6.33 Å². The van der Waals surface area contributed by atoms with Crippen LogP contribution in [0.3, 0.4) is 0 Å². The number of aromatic nitrogens is 2. The molecule has 4 atom stereocenters. The molecule has 0 saturated carbocycles. The van der Waals surface area contributed by atoms with Crippen molar-refractivity contribution < 1.29 is 36.2 Å². The molecule has 0 radical (unpaired) electrons. The first kappa shape index (κ1) is 16.5. The second-order valence-electron chi connectivity index (χ2n) is 4.59. The molecule has 0 aliphatic heterocycles. The number of nitrogens with one attached hydrogen (secondary N) is 1. The van der Waals surface area contributed by atoms with Crippen molar-refractivity contribution in [1.29, 1.82) is 0 Å². The van der Waals surface area contributed by atoms with Crippen LogP contribution in [0.15, 0.2) is 12.5 Å². The number of imidazole rings is 1. The first-order valence-corrected chi connectivity index (χ1v) is 6.39. The van der Waals surface area contributed by atoms with Gasteiger partial charge in [-0.15, -0.1) is 0 Å². The molecule has 0 saturated heterocycles. The molecule has 0 aliphatic rings. The number of aliphatic hydroxyl groups excluding tert-OH is 4. The van der Waals surface area contributed by atoms with Gasteiger partial charge in [-0.2, -0.15) is 0 Å². The van der Waals surface area contributed by atoms with Crippen molar-refractivity contribution in [3.05, 3.63) is 18.2 Å². The number of hydrogen-bond acceptors (Lipinski definition) is 9. The monoisotopic (exact) mass is 318 g/mol. The number of nitrogens with zero attached hydrogens (tertiary/aromatic N) is 1. The molecule has 1 aromatic rings. The normalized spacial score (nSPS) is 17.2. The minimum atomic E-state index is -2.00. The molecule has 0 aromatic carbocycles. The lowest BCUT2D eigenvalue weighted by atomic mass is 10.1. The van der Waals surface area contributed by atoms with Crippen LogP contribution in [0.4, 0.5) is 0 Å². The summed E-state index contributed by atoms with van der Waals surface area (Å²) in [6.45, 7) is -1.70. The van der Waals surface area contributed by atoms with E-state index in [0.29, 0.717) is 5.69 Å². The number of esters is 1. The third-order valence-electron chi connectivity index (χ3n) is 2.86. The summed E-state index contributed by atoms with van der Waals surface area (Å²) < 4.78 is 11.8. The van der Waals surface area contributed by atoms with Crippen LogP contribution < -0.4 is 5.73 Å². The molecule has 124 valence electrons. The second-order valence-corrected chi connectivity index (χ2v) is 4.59. The Bertz CT molecular complexity index is 499. The first-order chi connectivity index (χ1) is 10.9. The van der Waals surface area contributed by atoms with Gasteiger partial charge in [0.15, 0.2) is 5.78 Å². The van der Waals surface area contributed by atoms with Crippen LogP contribution >= 0.6 is 0 Å². The van der Waals surface area contributed by atoms with Gasteiger partial charge in [-0.3, -0.25) is 9.59 Å². The Labute approximate surface area is 127 Å². The summed E-state index contributed by atoms with van der Waals surface area (Å²) in [6.07, 6.45) is -2.69. The predicted molar refractivity (Wildman–Crippen MR) is 71.3 cm³/mol. The number of nitrogens with two attached hydrogens (primary N) is 1. The fraction of sp³-hybridized carbons (Fsp3) is 0.583. The van der Waals surface area contributed by atoms with Gasteiger partial charge in [0, 0.05) is 18.3 Å². The Morgan fingerprint density at radius 1 is 1.45 bits per heavy atom. The zero-order valence-corrected chi connectivity index (χ0v) is 11.5. The van der Waals surface area contributed by atoms with E-state index < -0.39 is 49.3 Å². The molecule has 1 rings (SSSR count). The fourth-order valence-electron chi connectivity index (χ4n) is 1.56. The Kier molecular flexibility index (Phi) is 6.43. The first-order valence-electron chi connectivity index (χ1n) is 6.89. The highest BCUT2D eigenvalue weighted by molar-refractivity contribution is 5.84. The van der Waals surface area contributed by atoms with Gasteiger partial charge in [-0.25, -0.2) is 4.98 Å². The van der Waals surface area contributed by atoms with E-state index in [1.54, 1.807) is 0 Å². The number of Topliss-reactive ketones (excluding diaryl/α,β-unsaturated/α-hetero) is 1.